The van der Waals surface area contributed by atoms with Crippen LogP contribution in [-0.2, 0) is 4.79 Å². The number of rotatable bonds is 3. The fraction of sp³-hybridized carbons (Fsp3) is 0.235. The highest BCUT2D eigenvalue weighted by Gasteiger charge is 2.37. The van der Waals surface area contributed by atoms with Crippen LogP contribution in [0.15, 0.2) is 39.4 Å². The molecule has 0 spiro atoms. The van der Waals surface area contributed by atoms with Crippen molar-refractivity contribution in [3.63, 3.8) is 0 Å². The Hall–Kier alpha value is -2.24. The maximum absolute atomic E-state index is 12.7. The topological polar surface area (TPSA) is 86.3 Å². The second kappa shape index (κ2) is 7.33. The van der Waals surface area contributed by atoms with Crippen molar-refractivity contribution in [3.05, 3.63) is 51.9 Å². The smallest absolute Gasteiger partial charge is 0.291 e. The molecule has 1 aromatic heterocycles. The molecule has 25 heavy (non-hydrogen) atoms. The number of hydrogen-bond acceptors (Lipinski definition) is 5. The molecule has 0 bridgehead atoms. The molecule has 1 N–H and O–H groups in total. The third kappa shape index (κ3) is 3.72. The molecule has 1 aromatic carbocycles. The summed E-state index contributed by atoms with van der Waals surface area (Å²) in [4.78, 5) is 26.8. The number of hydrogen-bond donors (Lipinski definition) is 1. The molecule has 1 aliphatic heterocycles. The van der Waals surface area contributed by atoms with E-state index < -0.39 is 6.04 Å². The number of nitrogens with zero attached hydrogens (tertiary/aromatic N) is 2. The first kappa shape index (κ1) is 17.6. The molecular weight excluding hydrogens is 406 g/mol. The molecule has 1 fully saturated rings. The van der Waals surface area contributed by atoms with Crippen LogP contribution in [-0.4, -0.2) is 34.4 Å². The van der Waals surface area contributed by atoms with Gasteiger partial charge in [0.2, 0.25) is 5.91 Å². The van der Waals surface area contributed by atoms with Crippen LogP contribution in [0.3, 0.4) is 0 Å². The van der Waals surface area contributed by atoms with E-state index in [1.807, 2.05) is 6.07 Å². The van der Waals surface area contributed by atoms with E-state index in [9.17, 15) is 9.59 Å². The summed E-state index contributed by atoms with van der Waals surface area (Å²) in [5, 5.41) is 11.6. The maximum Gasteiger partial charge on any atom is 0.291 e. The second-order valence-corrected chi connectivity index (χ2v) is 7.31. The molecule has 0 radical (unpaired) electrons. The molecule has 6 nitrogen and oxygen atoms in total. The third-order valence-electron chi connectivity index (χ3n) is 3.81. The lowest BCUT2D eigenvalue weighted by Gasteiger charge is -2.22. The Labute approximate surface area is 157 Å². The Kier molecular flexibility index (Phi) is 5.16. The molecule has 0 saturated carbocycles. The van der Waals surface area contributed by atoms with Crippen molar-refractivity contribution < 1.29 is 14.0 Å². The monoisotopic (exact) mass is 419 g/mol. The number of amides is 2. The van der Waals surface area contributed by atoms with E-state index in [1.165, 1.54) is 16.7 Å². The zero-order chi connectivity index (χ0) is 18.0. The molecule has 0 aliphatic carbocycles. The van der Waals surface area contributed by atoms with Gasteiger partial charge in [-0.3, -0.25) is 9.59 Å². The maximum atomic E-state index is 12.7. The second-order valence-electron chi connectivity index (χ2n) is 5.53. The first-order chi connectivity index (χ1) is 12.0. The number of carbonyl (C=O) groups is 2. The van der Waals surface area contributed by atoms with Crippen LogP contribution in [0.5, 0.6) is 0 Å². The molecule has 128 valence electrons. The van der Waals surface area contributed by atoms with Gasteiger partial charge in [0.25, 0.3) is 5.91 Å². The lowest BCUT2D eigenvalue weighted by molar-refractivity contribution is -0.119. The Balaban J connectivity index is 1.74. The van der Waals surface area contributed by atoms with Gasteiger partial charge in [-0.25, -0.2) is 0 Å². The van der Waals surface area contributed by atoms with Gasteiger partial charge >= 0.3 is 0 Å². The summed E-state index contributed by atoms with van der Waals surface area (Å²) >= 11 is 4.73. The number of thioether (sulfide) groups is 1. The van der Waals surface area contributed by atoms with E-state index in [2.05, 4.69) is 21.2 Å². The minimum Gasteiger partial charge on any atom is -0.444 e. The van der Waals surface area contributed by atoms with Gasteiger partial charge in [-0.05, 0) is 53.2 Å². The standard InChI is InChI=1S/C17H14BrN3O3S/c1-10-6-14(18)24-15(10)17(23)21-9-25-8-13(21)16(22)20-12-4-2-11(7-19)3-5-12/h2-6,13H,8-9H2,1H3,(H,20,22). The number of furan rings is 1. The van der Waals surface area contributed by atoms with Crippen molar-refractivity contribution in [2.75, 3.05) is 16.9 Å². The quantitative estimate of drug-likeness (QED) is 0.823. The van der Waals surface area contributed by atoms with Gasteiger partial charge in [0, 0.05) is 17.0 Å². The fourth-order valence-corrected chi connectivity index (χ4v) is 4.16. The third-order valence-corrected chi connectivity index (χ3v) is 5.21. The molecule has 1 saturated heterocycles. The summed E-state index contributed by atoms with van der Waals surface area (Å²) in [6.45, 7) is 1.79. The Morgan fingerprint density at radius 3 is 2.72 bits per heavy atom. The van der Waals surface area contributed by atoms with Crippen LogP contribution >= 0.6 is 27.7 Å². The summed E-state index contributed by atoms with van der Waals surface area (Å²) in [5.41, 5.74) is 1.83. The Morgan fingerprint density at radius 2 is 2.12 bits per heavy atom. The van der Waals surface area contributed by atoms with Gasteiger partial charge in [-0.1, -0.05) is 0 Å². The first-order valence-corrected chi connectivity index (χ1v) is 9.40. The molecule has 2 amide bonds. The van der Waals surface area contributed by atoms with E-state index >= 15 is 0 Å². The molecule has 1 atom stereocenters. The number of carbonyl (C=O) groups excluding carboxylic acids is 2. The van der Waals surface area contributed by atoms with Gasteiger partial charge in [-0.2, -0.15) is 5.26 Å². The number of nitriles is 1. The van der Waals surface area contributed by atoms with Crippen molar-refractivity contribution in [1.82, 2.24) is 4.90 Å². The highest BCUT2D eigenvalue weighted by molar-refractivity contribution is 9.10. The lowest BCUT2D eigenvalue weighted by Crippen LogP contribution is -2.44. The zero-order valence-electron chi connectivity index (χ0n) is 13.3. The minimum atomic E-state index is -0.573. The summed E-state index contributed by atoms with van der Waals surface area (Å²) in [7, 11) is 0. The normalized spacial score (nSPS) is 16.5. The van der Waals surface area contributed by atoms with Gasteiger partial charge in [0.1, 0.15) is 6.04 Å². The van der Waals surface area contributed by atoms with Crippen molar-refractivity contribution >= 4 is 45.2 Å². The van der Waals surface area contributed by atoms with Gasteiger partial charge < -0.3 is 14.6 Å². The number of benzene rings is 1. The number of halogens is 1. The number of nitrogens with one attached hydrogen (secondary N) is 1. The SMILES string of the molecule is Cc1cc(Br)oc1C(=O)N1CSCC1C(=O)Nc1ccc(C#N)cc1. The van der Waals surface area contributed by atoms with Crippen LogP contribution < -0.4 is 5.32 Å². The van der Waals surface area contributed by atoms with Crippen molar-refractivity contribution in [3.8, 4) is 6.07 Å². The van der Waals surface area contributed by atoms with Crippen molar-refractivity contribution in [2.45, 2.75) is 13.0 Å². The summed E-state index contributed by atoms with van der Waals surface area (Å²) in [6.07, 6.45) is 0. The predicted octanol–water partition coefficient (Wildman–Crippen LogP) is 3.38. The summed E-state index contributed by atoms with van der Waals surface area (Å²) < 4.78 is 5.90. The van der Waals surface area contributed by atoms with Crippen LogP contribution in [0.4, 0.5) is 5.69 Å². The minimum absolute atomic E-state index is 0.241. The van der Waals surface area contributed by atoms with Crippen LogP contribution in [0.25, 0.3) is 0 Å². The number of aryl methyl sites for hydroxylation is 1. The fourth-order valence-electron chi connectivity index (χ4n) is 2.50. The van der Waals surface area contributed by atoms with E-state index in [0.29, 0.717) is 27.5 Å². The highest BCUT2D eigenvalue weighted by Crippen LogP contribution is 2.27. The lowest BCUT2D eigenvalue weighted by atomic mass is 10.2. The van der Waals surface area contributed by atoms with Crippen molar-refractivity contribution in [1.29, 1.82) is 5.26 Å². The van der Waals surface area contributed by atoms with E-state index in [1.54, 1.807) is 37.3 Å². The molecule has 2 heterocycles. The number of anilines is 1. The molecule has 8 heteroatoms. The van der Waals surface area contributed by atoms with Crippen molar-refractivity contribution in [2.24, 2.45) is 0 Å². The first-order valence-electron chi connectivity index (χ1n) is 7.45. The van der Waals surface area contributed by atoms with E-state index in [-0.39, 0.29) is 17.6 Å². The van der Waals surface area contributed by atoms with E-state index in [0.717, 1.165) is 5.56 Å². The van der Waals surface area contributed by atoms with Crippen LogP contribution in [0.1, 0.15) is 21.7 Å². The van der Waals surface area contributed by atoms with E-state index in [4.69, 9.17) is 9.68 Å². The van der Waals surface area contributed by atoms with Gasteiger partial charge in [-0.15, -0.1) is 11.8 Å². The van der Waals surface area contributed by atoms with Gasteiger partial charge in [0.15, 0.2) is 10.4 Å². The highest BCUT2D eigenvalue weighted by atomic mass is 79.9. The molecule has 2 aromatic rings. The van der Waals surface area contributed by atoms with Gasteiger partial charge in [0.05, 0.1) is 17.5 Å². The Bertz CT molecular complexity index is 857. The molecule has 1 aliphatic rings. The molecule has 1 unspecified atom stereocenters. The van der Waals surface area contributed by atoms with Crippen LogP contribution in [0.2, 0.25) is 0 Å². The predicted molar refractivity (Wildman–Crippen MR) is 98.2 cm³/mol. The summed E-state index contributed by atoms with van der Waals surface area (Å²) in [6, 6.07) is 9.77. The summed E-state index contributed by atoms with van der Waals surface area (Å²) in [5.74, 6) is 0.640. The zero-order valence-corrected chi connectivity index (χ0v) is 15.7. The average Bonchev–Trinajstić information content (AvgIpc) is 3.21. The average molecular weight is 420 g/mol. The Morgan fingerprint density at radius 1 is 1.40 bits per heavy atom. The van der Waals surface area contributed by atoms with Crippen LogP contribution in [0, 0.1) is 18.3 Å². The molecular formula is C17H14BrN3O3S. The largest absolute Gasteiger partial charge is 0.444 e. The molecule has 3 rings (SSSR count).